The number of halogens is 2. The van der Waals surface area contributed by atoms with Gasteiger partial charge in [0.15, 0.2) is 11.5 Å². The highest BCUT2D eigenvalue weighted by Gasteiger charge is 2.20. The lowest BCUT2D eigenvalue weighted by atomic mass is 10.1. The molecule has 2 aromatic heterocycles. The Balaban J connectivity index is 2.24. The number of esters is 1. The molecular weight excluding hydrogens is 331 g/mol. The van der Waals surface area contributed by atoms with Crippen LogP contribution in [-0.4, -0.2) is 26.8 Å². The van der Waals surface area contributed by atoms with E-state index in [4.69, 9.17) is 17.3 Å². The van der Waals surface area contributed by atoms with Crippen LogP contribution < -0.4 is 5.73 Å². The maximum atomic E-state index is 14.5. The van der Waals surface area contributed by atoms with Crippen molar-refractivity contribution in [3.8, 4) is 11.3 Å². The molecule has 0 radical (unpaired) electrons. The third-order valence-electron chi connectivity index (χ3n) is 3.01. The van der Waals surface area contributed by atoms with E-state index in [1.54, 1.807) is 6.07 Å². The van der Waals surface area contributed by atoms with Crippen LogP contribution in [0.2, 0.25) is 5.02 Å². The third-order valence-corrected chi connectivity index (χ3v) is 3.95. The van der Waals surface area contributed by atoms with Gasteiger partial charge in [-0.05, 0) is 18.2 Å². The topological polar surface area (TPSA) is 91.0 Å². The number of carbonyl (C=O) groups is 1. The van der Waals surface area contributed by atoms with Gasteiger partial charge in [-0.2, -0.15) is 8.75 Å². The molecule has 0 spiro atoms. The maximum Gasteiger partial charge on any atom is 0.358 e. The van der Waals surface area contributed by atoms with E-state index in [2.05, 4.69) is 18.5 Å². The van der Waals surface area contributed by atoms with Crippen LogP contribution in [0, 0.1) is 5.82 Å². The van der Waals surface area contributed by atoms with Crippen LogP contribution in [0.4, 0.5) is 10.1 Å². The van der Waals surface area contributed by atoms with Gasteiger partial charge in [0.1, 0.15) is 11.0 Å². The zero-order chi connectivity index (χ0) is 15.9. The van der Waals surface area contributed by atoms with Crippen molar-refractivity contribution in [2.45, 2.75) is 0 Å². The number of nitrogens with two attached hydrogens (primary N) is 1. The van der Waals surface area contributed by atoms with Crippen molar-refractivity contribution in [1.29, 1.82) is 0 Å². The van der Waals surface area contributed by atoms with Crippen LogP contribution >= 0.6 is 23.3 Å². The van der Waals surface area contributed by atoms with Gasteiger partial charge < -0.3 is 10.5 Å². The molecule has 0 saturated heterocycles. The van der Waals surface area contributed by atoms with E-state index in [1.165, 1.54) is 19.2 Å². The summed E-state index contributed by atoms with van der Waals surface area (Å²) in [6.45, 7) is 0. The molecule has 3 aromatic rings. The standard InChI is InChI=1S/C13H8ClFN4O2S/c1-21-13(20)12-9(14)6(16)4-8(17-12)5-2-3-7-11(10(5)15)19-22-18-7/h2-4H,1H3,(H2,16,17). The van der Waals surface area contributed by atoms with Gasteiger partial charge in [-0.25, -0.2) is 14.2 Å². The molecule has 22 heavy (non-hydrogen) atoms. The summed E-state index contributed by atoms with van der Waals surface area (Å²) in [4.78, 5) is 15.7. The summed E-state index contributed by atoms with van der Waals surface area (Å²) in [5.41, 5.74) is 6.59. The minimum atomic E-state index is -0.754. The van der Waals surface area contributed by atoms with Crippen LogP contribution in [0.15, 0.2) is 18.2 Å². The summed E-state index contributed by atoms with van der Waals surface area (Å²) in [7, 11) is 1.19. The number of nitrogen functional groups attached to an aromatic ring is 1. The lowest BCUT2D eigenvalue weighted by molar-refractivity contribution is 0.0594. The summed E-state index contributed by atoms with van der Waals surface area (Å²) in [5.74, 6) is -1.34. The molecule has 112 valence electrons. The lowest BCUT2D eigenvalue weighted by Crippen LogP contribution is -2.08. The number of aromatic nitrogens is 3. The van der Waals surface area contributed by atoms with Crippen molar-refractivity contribution in [3.05, 3.63) is 34.7 Å². The number of nitrogens with zero attached hydrogens (tertiary/aromatic N) is 3. The summed E-state index contributed by atoms with van der Waals surface area (Å²) in [5, 5.41) is -0.0348. The number of pyridine rings is 1. The van der Waals surface area contributed by atoms with Gasteiger partial charge in [0.05, 0.1) is 35.2 Å². The van der Waals surface area contributed by atoms with Crippen molar-refractivity contribution in [3.63, 3.8) is 0 Å². The third kappa shape index (κ3) is 2.26. The molecule has 0 aliphatic rings. The molecule has 0 aliphatic heterocycles. The van der Waals surface area contributed by atoms with Crippen molar-refractivity contribution in [2.24, 2.45) is 0 Å². The number of hydrogen-bond donors (Lipinski definition) is 1. The van der Waals surface area contributed by atoms with E-state index in [1.807, 2.05) is 0 Å². The second-order valence-corrected chi connectivity index (χ2v) is 5.22. The van der Waals surface area contributed by atoms with Gasteiger partial charge in [0, 0.05) is 5.56 Å². The van der Waals surface area contributed by atoms with Gasteiger partial charge in [-0.15, -0.1) is 0 Å². The smallest absolute Gasteiger partial charge is 0.358 e. The minimum Gasteiger partial charge on any atom is -0.464 e. The highest BCUT2D eigenvalue weighted by molar-refractivity contribution is 7.00. The van der Waals surface area contributed by atoms with Crippen LogP contribution in [-0.2, 0) is 4.74 Å². The molecule has 0 fully saturated rings. The number of fused-ring (bicyclic) bond motifs is 1. The molecule has 2 N–H and O–H groups in total. The van der Waals surface area contributed by atoms with E-state index in [9.17, 15) is 9.18 Å². The number of rotatable bonds is 2. The molecule has 9 heteroatoms. The Morgan fingerprint density at radius 1 is 1.41 bits per heavy atom. The van der Waals surface area contributed by atoms with Gasteiger partial charge in [-0.3, -0.25) is 0 Å². The van der Waals surface area contributed by atoms with Gasteiger partial charge in [0.25, 0.3) is 0 Å². The number of methoxy groups -OCH3 is 1. The number of carbonyl (C=O) groups excluding carboxylic acids is 1. The number of anilines is 1. The largest absolute Gasteiger partial charge is 0.464 e. The fourth-order valence-electron chi connectivity index (χ4n) is 1.94. The Bertz CT molecular complexity index is 899. The Kier molecular flexibility index (Phi) is 3.63. The summed E-state index contributed by atoms with van der Waals surface area (Å²) in [6.07, 6.45) is 0. The SMILES string of the molecule is COC(=O)c1nc(-c2ccc3nsnc3c2F)cc(N)c1Cl. The van der Waals surface area contributed by atoms with Gasteiger partial charge >= 0.3 is 5.97 Å². The molecule has 3 rings (SSSR count). The average Bonchev–Trinajstić information content (AvgIpc) is 2.99. The summed E-state index contributed by atoms with van der Waals surface area (Å²) >= 11 is 6.85. The molecule has 0 saturated carbocycles. The van der Waals surface area contributed by atoms with E-state index < -0.39 is 11.8 Å². The highest BCUT2D eigenvalue weighted by Crippen LogP contribution is 2.31. The average molecular weight is 339 g/mol. The fraction of sp³-hybridized carbons (Fsp3) is 0.0769. The summed E-state index contributed by atoms with van der Waals surface area (Å²) < 4.78 is 27.0. The van der Waals surface area contributed by atoms with E-state index >= 15 is 0 Å². The lowest BCUT2D eigenvalue weighted by Gasteiger charge is -2.09. The van der Waals surface area contributed by atoms with Crippen molar-refractivity contribution in [2.75, 3.05) is 12.8 Å². The monoisotopic (exact) mass is 338 g/mol. The quantitative estimate of drug-likeness (QED) is 0.722. The number of hydrogen-bond acceptors (Lipinski definition) is 7. The molecule has 0 amide bonds. The second-order valence-electron chi connectivity index (χ2n) is 4.31. The Labute approximate surface area is 133 Å². The number of benzene rings is 1. The zero-order valence-corrected chi connectivity index (χ0v) is 12.7. The summed E-state index contributed by atoms with van der Waals surface area (Å²) in [6, 6.07) is 4.50. The van der Waals surface area contributed by atoms with Crippen LogP contribution in [0.3, 0.4) is 0 Å². The van der Waals surface area contributed by atoms with Gasteiger partial charge in [-0.1, -0.05) is 11.6 Å². The van der Waals surface area contributed by atoms with Crippen molar-refractivity contribution >= 4 is 46.0 Å². The van der Waals surface area contributed by atoms with Crippen molar-refractivity contribution in [1.82, 2.24) is 13.7 Å². The first kappa shape index (κ1) is 14.6. The number of ether oxygens (including phenoxy) is 1. The first-order chi connectivity index (χ1) is 10.5. The molecule has 0 unspecified atom stereocenters. The normalized spacial score (nSPS) is 10.9. The predicted octanol–water partition coefficient (Wildman–Crippen LogP) is 2.91. The molecule has 2 heterocycles. The van der Waals surface area contributed by atoms with Crippen LogP contribution in [0.5, 0.6) is 0 Å². The maximum absolute atomic E-state index is 14.5. The Morgan fingerprint density at radius 2 is 2.18 bits per heavy atom. The van der Waals surface area contributed by atoms with E-state index in [0.717, 1.165) is 11.7 Å². The minimum absolute atomic E-state index is 0.0348. The van der Waals surface area contributed by atoms with Crippen LogP contribution in [0.1, 0.15) is 10.5 Å². The van der Waals surface area contributed by atoms with E-state index in [-0.39, 0.29) is 33.2 Å². The molecule has 1 aromatic carbocycles. The molecule has 6 nitrogen and oxygen atoms in total. The van der Waals surface area contributed by atoms with E-state index in [0.29, 0.717) is 5.52 Å². The molecule has 0 aliphatic carbocycles. The Morgan fingerprint density at radius 3 is 2.91 bits per heavy atom. The van der Waals surface area contributed by atoms with Crippen molar-refractivity contribution < 1.29 is 13.9 Å². The van der Waals surface area contributed by atoms with Crippen LogP contribution in [0.25, 0.3) is 22.3 Å². The molecule has 0 bridgehead atoms. The highest BCUT2D eigenvalue weighted by atomic mass is 35.5. The molecule has 0 atom stereocenters. The second kappa shape index (κ2) is 5.47. The first-order valence-corrected chi connectivity index (χ1v) is 7.09. The zero-order valence-electron chi connectivity index (χ0n) is 11.1. The molecular formula is C13H8ClFN4O2S. The first-order valence-electron chi connectivity index (χ1n) is 5.98. The predicted molar refractivity (Wildman–Crippen MR) is 81.4 cm³/mol. The fourth-order valence-corrected chi connectivity index (χ4v) is 2.64. The van der Waals surface area contributed by atoms with Gasteiger partial charge in [0.2, 0.25) is 0 Å². The Hall–Kier alpha value is -2.32.